The van der Waals surface area contributed by atoms with Crippen molar-refractivity contribution in [2.75, 3.05) is 12.0 Å². The second-order valence-electron chi connectivity index (χ2n) is 9.38. The number of nitrogens with two attached hydrogens (primary N) is 1. The molecular weight excluding hydrogens is 526 g/mol. The standard InChI is InChI=1S/C26H37N5O7S/c1-4-14(2)22(27)25(36)30-19(12-21(32)33)24(35)29-18(9-10-39-3)23(34)31-20(26(37)38)11-15-13-28-17-8-6-5-7-16(15)17/h5-8,13-14,18-20,22,28H,4,9-12,27H2,1-3H3,(H,29,35)(H,30,36)(H,31,34)(H,32,33)(H,37,38). The number of carboxylic acid groups (broad SMARTS) is 2. The quantitative estimate of drug-likeness (QED) is 0.154. The Morgan fingerprint density at radius 3 is 2.21 bits per heavy atom. The molecule has 0 aliphatic carbocycles. The summed E-state index contributed by atoms with van der Waals surface area (Å²) in [5, 5.41) is 27.3. The molecule has 0 saturated carbocycles. The normalized spacial score (nSPS) is 15.0. The van der Waals surface area contributed by atoms with E-state index < -0.39 is 60.2 Å². The number of rotatable bonds is 16. The molecule has 3 amide bonds. The van der Waals surface area contributed by atoms with Crippen molar-refractivity contribution in [2.24, 2.45) is 11.7 Å². The van der Waals surface area contributed by atoms with Crippen molar-refractivity contribution in [3.8, 4) is 0 Å². The molecule has 8 N–H and O–H groups in total. The van der Waals surface area contributed by atoms with Gasteiger partial charge in [0.25, 0.3) is 0 Å². The lowest BCUT2D eigenvalue weighted by molar-refractivity contribution is -0.143. The number of aliphatic carboxylic acids is 2. The molecule has 0 saturated heterocycles. The number of hydrogen-bond acceptors (Lipinski definition) is 7. The molecule has 1 heterocycles. The van der Waals surface area contributed by atoms with E-state index in [0.717, 1.165) is 10.9 Å². The van der Waals surface area contributed by atoms with Crippen molar-refractivity contribution in [1.82, 2.24) is 20.9 Å². The number of carbonyl (C=O) groups is 5. The zero-order valence-electron chi connectivity index (χ0n) is 22.2. The summed E-state index contributed by atoms with van der Waals surface area (Å²) in [5.74, 6) is -4.63. The summed E-state index contributed by atoms with van der Waals surface area (Å²) in [4.78, 5) is 65.2. The first-order chi connectivity index (χ1) is 18.5. The van der Waals surface area contributed by atoms with Crippen LogP contribution in [0.4, 0.5) is 0 Å². The van der Waals surface area contributed by atoms with Gasteiger partial charge in [-0.3, -0.25) is 19.2 Å². The van der Waals surface area contributed by atoms with Gasteiger partial charge in [-0.15, -0.1) is 0 Å². The molecule has 0 aliphatic heterocycles. The van der Waals surface area contributed by atoms with E-state index in [2.05, 4.69) is 20.9 Å². The highest BCUT2D eigenvalue weighted by atomic mass is 32.2. The Hall–Kier alpha value is -3.58. The van der Waals surface area contributed by atoms with Crippen LogP contribution in [0.1, 0.15) is 38.7 Å². The third kappa shape index (κ3) is 9.29. The van der Waals surface area contributed by atoms with Crippen LogP contribution in [0.3, 0.4) is 0 Å². The summed E-state index contributed by atoms with van der Waals surface area (Å²) >= 11 is 1.41. The summed E-state index contributed by atoms with van der Waals surface area (Å²) < 4.78 is 0. The van der Waals surface area contributed by atoms with E-state index >= 15 is 0 Å². The third-order valence-electron chi connectivity index (χ3n) is 6.53. The van der Waals surface area contributed by atoms with E-state index in [1.54, 1.807) is 19.4 Å². The zero-order valence-corrected chi connectivity index (χ0v) is 23.0. The summed E-state index contributed by atoms with van der Waals surface area (Å²) in [7, 11) is 0. The Morgan fingerprint density at radius 2 is 1.59 bits per heavy atom. The molecule has 0 spiro atoms. The second kappa shape index (κ2) is 15.1. The highest BCUT2D eigenvalue weighted by Crippen LogP contribution is 2.19. The maximum absolute atomic E-state index is 13.2. The lowest BCUT2D eigenvalue weighted by Gasteiger charge is -2.25. The molecule has 5 atom stereocenters. The van der Waals surface area contributed by atoms with Crippen LogP contribution in [0.2, 0.25) is 0 Å². The summed E-state index contributed by atoms with van der Waals surface area (Å²) in [6.45, 7) is 3.60. The minimum Gasteiger partial charge on any atom is -0.481 e. The van der Waals surface area contributed by atoms with Gasteiger partial charge >= 0.3 is 11.9 Å². The predicted molar refractivity (Wildman–Crippen MR) is 148 cm³/mol. The zero-order chi connectivity index (χ0) is 29.1. The molecule has 1 aromatic heterocycles. The van der Waals surface area contributed by atoms with Gasteiger partial charge in [-0.1, -0.05) is 38.5 Å². The monoisotopic (exact) mass is 563 g/mol. The van der Waals surface area contributed by atoms with Crippen molar-refractivity contribution in [1.29, 1.82) is 0 Å². The van der Waals surface area contributed by atoms with Crippen molar-refractivity contribution < 1.29 is 34.2 Å². The largest absolute Gasteiger partial charge is 0.481 e. The van der Waals surface area contributed by atoms with E-state index in [1.807, 2.05) is 31.2 Å². The van der Waals surface area contributed by atoms with E-state index in [9.17, 15) is 34.2 Å². The van der Waals surface area contributed by atoms with E-state index in [-0.39, 0.29) is 18.8 Å². The maximum atomic E-state index is 13.2. The van der Waals surface area contributed by atoms with Gasteiger partial charge in [0, 0.05) is 23.5 Å². The summed E-state index contributed by atoms with van der Waals surface area (Å²) in [6, 6.07) is 2.49. The number of H-pyrrole nitrogens is 1. The van der Waals surface area contributed by atoms with Gasteiger partial charge < -0.3 is 36.9 Å². The lowest BCUT2D eigenvalue weighted by Crippen LogP contribution is -2.58. The number of carboxylic acids is 2. The molecule has 0 aliphatic rings. The number of hydrogen-bond donors (Lipinski definition) is 7. The summed E-state index contributed by atoms with van der Waals surface area (Å²) in [5.41, 5.74) is 7.45. The predicted octanol–water partition coefficient (Wildman–Crippen LogP) is 0.851. The van der Waals surface area contributed by atoms with E-state index in [4.69, 9.17) is 5.73 Å². The molecule has 0 radical (unpaired) electrons. The average Bonchev–Trinajstić information content (AvgIpc) is 3.31. The highest BCUT2D eigenvalue weighted by Gasteiger charge is 2.32. The van der Waals surface area contributed by atoms with E-state index in [1.165, 1.54) is 11.8 Å². The number of carbonyl (C=O) groups excluding carboxylic acids is 3. The molecule has 0 fully saturated rings. The Bertz CT molecular complexity index is 1170. The van der Waals surface area contributed by atoms with Gasteiger partial charge in [0.15, 0.2) is 0 Å². The van der Waals surface area contributed by atoms with Gasteiger partial charge in [0.05, 0.1) is 12.5 Å². The van der Waals surface area contributed by atoms with Crippen molar-refractivity contribution in [2.45, 2.75) is 63.7 Å². The molecule has 214 valence electrons. The number of para-hydroxylation sites is 1. The van der Waals surface area contributed by atoms with Crippen LogP contribution in [-0.2, 0) is 30.4 Å². The first kappa shape index (κ1) is 31.6. The van der Waals surface area contributed by atoms with E-state index in [0.29, 0.717) is 17.7 Å². The summed E-state index contributed by atoms with van der Waals surface area (Å²) in [6.07, 6.45) is 3.52. The highest BCUT2D eigenvalue weighted by molar-refractivity contribution is 7.98. The van der Waals surface area contributed by atoms with Crippen LogP contribution in [0, 0.1) is 5.92 Å². The number of nitrogens with one attached hydrogen (secondary N) is 4. The Balaban J connectivity index is 2.18. The molecule has 5 unspecified atom stereocenters. The molecule has 13 heteroatoms. The fourth-order valence-corrected chi connectivity index (χ4v) is 4.41. The average molecular weight is 564 g/mol. The fraction of sp³-hybridized carbons (Fsp3) is 0.500. The Kier molecular flexibility index (Phi) is 12.3. The fourth-order valence-electron chi connectivity index (χ4n) is 3.93. The van der Waals surface area contributed by atoms with Crippen LogP contribution in [0.25, 0.3) is 10.9 Å². The Labute approximate surface area is 230 Å². The number of fused-ring (bicyclic) bond motifs is 1. The molecule has 39 heavy (non-hydrogen) atoms. The molecule has 2 aromatic rings. The van der Waals surface area contributed by atoms with Gasteiger partial charge in [-0.05, 0) is 36.0 Å². The number of benzene rings is 1. The molecule has 1 aromatic carbocycles. The van der Waals surface area contributed by atoms with Crippen LogP contribution in [-0.4, -0.2) is 81.0 Å². The van der Waals surface area contributed by atoms with Crippen LogP contribution < -0.4 is 21.7 Å². The van der Waals surface area contributed by atoms with Gasteiger partial charge in [-0.2, -0.15) is 11.8 Å². The smallest absolute Gasteiger partial charge is 0.326 e. The molecule has 2 rings (SSSR count). The third-order valence-corrected chi connectivity index (χ3v) is 7.17. The maximum Gasteiger partial charge on any atom is 0.326 e. The van der Waals surface area contributed by atoms with Gasteiger partial charge in [0.1, 0.15) is 18.1 Å². The first-order valence-electron chi connectivity index (χ1n) is 12.6. The van der Waals surface area contributed by atoms with Crippen molar-refractivity contribution >= 4 is 52.3 Å². The van der Waals surface area contributed by atoms with Crippen LogP contribution in [0.5, 0.6) is 0 Å². The SMILES string of the molecule is CCC(C)C(N)C(=O)NC(CC(=O)O)C(=O)NC(CCSC)C(=O)NC(Cc1c[nH]c2ccccc12)C(=O)O. The first-order valence-corrected chi connectivity index (χ1v) is 14.0. The topological polar surface area (TPSA) is 204 Å². The number of amides is 3. The minimum absolute atomic E-state index is 0.000517. The van der Waals surface area contributed by atoms with Crippen LogP contribution in [0.15, 0.2) is 30.5 Å². The molecule has 0 bridgehead atoms. The van der Waals surface area contributed by atoms with Gasteiger partial charge in [-0.25, -0.2) is 4.79 Å². The van der Waals surface area contributed by atoms with Crippen molar-refractivity contribution in [3.63, 3.8) is 0 Å². The Morgan fingerprint density at radius 1 is 0.974 bits per heavy atom. The molecule has 12 nitrogen and oxygen atoms in total. The number of aromatic nitrogens is 1. The lowest BCUT2D eigenvalue weighted by atomic mass is 9.99. The second-order valence-corrected chi connectivity index (χ2v) is 10.4. The number of thioether (sulfide) groups is 1. The number of aromatic amines is 1. The van der Waals surface area contributed by atoms with Crippen LogP contribution >= 0.6 is 11.8 Å². The van der Waals surface area contributed by atoms with Crippen molar-refractivity contribution in [3.05, 3.63) is 36.0 Å². The van der Waals surface area contributed by atoms with Gasteiger partial charge in [0.2, 0.25) is 17.7 Å². The minimum atomic E-state index is -1.48. The molecular formula is C26H37N5O7S.